The Morgan fingerprint density at radius 2 is 2.26 bits per heavy atom. The summed E-state index contributed by atoms with van der Waals surface area (Å²) in [7, 11) is 1.96. The standard InChI is InChI=1S/C15H22N2O2/c1-5-19-13-8-6-7-12-14(13)17(11(2)18)10-9-15(12,3)16-4/h6-8,16H,5,9-10H2,1-4H3. The number of hydrogen-bond donors (Lipinski definition) is 1. The van der Waals surface area contributed by atoms with Crippen LogP contribution in [0, 0.1) is 0 Å². The maximum absolute atomic E-state index is 11.9. The molecule has 0 saturated carbocycles. The molecular formula is C15H22N2O2. The van der Waals surface area contributed by atoms with E-state index in [-0.39, 0.29) is 11.4 Å². The maximum Gasteiger partial charge on any atom is 0.223 e. The van der Waals surface area contributed by atoms with Gasteiger partial charge in [0, 0.05) is 19.0 Å². The molecule has 1 atom stereocenters. The fourth-order valence-corrected chi connectivity index (χ4v) is 2.67. The first-order valence-electron chi connectivity index (χ1n) is 6.77. The Bertz CT molecular complexity index is 487. The van der Waals surface area contributed by atoms with Crippen LogP contribution in [0.1, 0.15) is 32.8 Å². The van der Waals surface area contributed by atoms with Crippen molar-refractivity contribution in [3.63, 3.8) is 0 Å². The number of ether oxygens (including phenoxy) is 1. The van der Waals surface area contributed by atoms with Gasteiger partial charge in [-0.15, -0.1) is 0 Å². The summed E-state index contributed by atoms with van der Waals surface area (Å²) >= 11 is 0. The van der Waals surface area contributed by atoms with Crippen LogP contribution in [-0.2, 0) is 10.3 Å². The highest BCUT2D eigenvalue weighted by molar-refractivity contribution is 5.95. The fourth-order valence-electron chi connectivity index (χ4n) is 2.67. The second kappa shape index (κ2) is 5.21. The number of hydrogen-bond acceptors (Lipinski definition) is 3. The van der Waals surface area contributed by atoms with Crippen molar-refractivity contribution in [3.8, 4) is 5.75 Å². The summed E-state index contributed by atoms with van der Waals surface area (Å²) in [5.74, 6) is 0.850. The van der Waals surface area contributed by atoms with Crippen LogP contribution >= 0.6 is 0 Å². The summed E-state index contributed by atoms with van der Waals surface area (Å²) in [5.41, 5.74) is 1.93. The van der Waals surface area contributed by atoms with E-state index >= 15 is 0 Å². The highest BCUT2D eigenvalue weighted by atomic mass is 16.5. The van der Waals surface area contributed by atoms with Gasteiger partial charge in [-0.2, -0.15) is 0 Å². The first-order valence-corrected chi connectivity index (χ1v) is 6.77. The summed E-state index contributed by atoms with van der Waals surface area (Å²) < 4.78 is 5.70. The predicted molar refractivity (Wildman–Crippen MR) is 76.7 cm³/mol. The molecule has 4 nitrogen and oxygen atoms in total. The van der Waals surface area contributed by atoms with E-state index in [1.165, 1.54) is 0 Å². The first-order chi connectivity index (χ1) is 9.03. The average molecular weight is 262 g/mol. The highest BCUT2D eigenvalue weighted by Crippen LogP contribution is 2.43. The zero-order valence-electron chi connectivity index (χ0n) is 12.1. The van der Waals surface area contributed by atoms with Crippen LogP contribution < -0.4 is 15.0 Å². The van der Waals surface area contributed by atoms with Gasteiger partial charge in [0.25, 0.3) is 0 Å². The molecule has 2 rings (SSSR count). The Hall–Kier alpha value is -1.55. The number of benzene rings is 1. The largest absolute Gasteiger partial charge is 0.492 e. The lowest BCUT2D eigenvalue weighted by atomic mass is 9.83. The quantitative estimate of drug-likeness (QED) is 0.908. The number of anilines is 1. The van der Waals surface area contributed by atoms with Gasteiger partial charge in [0.2, 0.25) is 5.91 Å². The maximum atomic E-state index is 11.9. The Balaban J connectivity index is 2.60. The van der Waals surface area contributed by atoms with E-state index in [0.29, 0.717) is 13.2 Å². The molecule has 1 amide bonds. The van der Waals surface area contributed by atoms with Crippen LogP contribution in [0.25, 0.3) is 0 Å². The second-order valence-electron chi connectivity index (χ2n) is 5.09. The van der Waals surface area contributed by atoms with Crippen molar-refractivity contribution >= 4 is 11.6 Å². The van der Waals surface area contributed by atoms with Gasteiger partial charge in [0.05, 0.1) is 12.3 Å². The first kappa shape index (κ1) is 13.9. The van der Waals surface area contributed by atoms with Gasteiger partial charge in [-0.1, -0.05) is 12.1 Å². The summed E-state index contributed by atoms with van der Waals surface area (Å²) in [6.07, 6.45) is 0.895. The smallest absolute Gasteiger partial charge is 0.223 e. The molecule has 1 aromatic rings. The summed E-state index contributed by atoms with van der Waals surface area (Å²) in [6.45, 7) is 7.04. The molecule has 0 aromatic heterocycles. The van der Waals surface area contributed by atoms with Gasteiger partial charge in [0.15, 0.2) is 0 Å². The molecular weight excluding hydrogens is 240 g/mol. The third kappa shape index (κ3) is 2.32. The van der Waals surface area contributed by atoms with Crippen LogP contribution in [0.2, 0.25) is 0 Å². The van der Waals surface area contributed by atoms with Crippen molar-refractivity contribution in [1.29, 1.82) is 0 Å². The van der Waals surface area contributed by atoms with E-state index in [4.69, 9.17) is 4.74 Å². The van der Waals surface area contributed by atoms with E-state index in [9.17, 15) is 4.79 Å². The van der Waals surface area contributed by atoms with Gasteiger partial charge in [0.1, 0.15) is 5.75 Å². The van der Waals surface area contributed by atoms with Crippen molar-refractivity contribution in [1.82, 2.24) is 5.32 Å². The molecule has 1 aromatic carbocycles. The Morgan fingerprint density at radius 1 is 1.53 bits per heavy atom. The van der Waals surface area contributed by atoms with Gasteiger partial charge in [-0.25, -0.2) is 0 Å². The van der Waals surface area contributed by atoms with Crippen LogP contribution in [0.3, 0.4) is 0 Å². The van der Waals surface area contributed by atoms with E-state index in [2.05, 4.69) is 18.3 Å². The molecule has 0 radical (unpaired) electrons. The number of nitrogens with one attached hydrogen (secondary N) is 1. The van der Waals surface area contributed by atoms with Crippen LogP contribution in [-0.4, -0.2) is 26.1 Å². The third-order valence-electron chi connectivity index (χ3n) is 3.93. The number of carbonyl (C=O) groups is 1. The number of para-hydroxylation sites is 1. The lowest BCUT2D eigenvalue weighted by molar-refractivity contribution is -0.116. The summed E-state index contributed by atoms with van der Waals surface area (Å²) in [5, 5.41) is 3.37. The van der Waals surface area contributed by atoms with E-state index in [0.717, 1.165) is 23.4 Å². The minimum Gasteiger partial charge on any atom is -0.492 e. The fraction of sp³-hybridized carbons (Fsp3) is 0.533. The summed E-state index contributed by atoms with van der Waals surface area (Å²) in [4.78, 5) is 13.7. The molecule has 0 fully saturated rings. The van der Waals surface area contributed by atoms with E-state index in [1.807, 2.05) is 31.0 Å². The molecule has 0 bridgehead atoms. The lowest BCUT2D eigenvalue weighted by Gasteiger charge is -2.41. The molecule has 104 valence electrons. The number of carbonyl (C=O) groups excluding carboxylic acids is 1. The van der Waals surface area contributed by atoms with E-state index in [1.54, 1.807) is 6.92 Å². The van der Waals surface area contributed by atoms with Crippen LogP contribution in [0.4, 0.5) is 5.69 Å². The number of fused-ring (bicyclic) bond motifs is 1. The molecule has 1 unspecified atom stereocenters. The monoisotopic (exact) mass is 262 g/mol. The SMILES string of the molecule is CCOc1cccc2c1N(C(C)=O)CCC2(C)NC. The number of rotatable bonds is 3. The van der Waals surface area contributed by atoms with Crippen molar-refractivity contribution in [3.05, 3.63) is 23.8 Å². The second-order valence-corrected chi connectivity index (χ2v) is 5.09. The average Bonchev–Trinajstić information content (AvgIpc) is 2.40. The highest BCUT2D eigenvalue weighted by Gasteiger charge is 2.36. The van der Waals surface area contributed by atoms with Crippen molar-refractivity contribution in [2.45, 2.75) is 32.7 Å². The van der Waals surface area contributed by atoms with Crippen molar-refractivity contribution < 1.29 is 9.53 Å². The molecule has 1 aliphatic heterocycles. The number of amides is 1. The molecule has 1 aliphatic rings. The minimum atomic E-state index is -0.117. The molecule has 0 spiro atoms. The van der Waals surface area contributed by atoms with Crippen molar-refractivity contribution in [2.24, 2.45) is 0 Å². The zero-order chi connectivity index (χ0) is 14.0. The Morgan fingerprint density at radius 3 is 2.84 bits per heavy atom. The molecule has 0 aliphatic carbocycles. The Kier molecular flexibility index (Phi) is 3.80. The molecule has 0 saturated heterocycles. The Labute approximate surface area is 114 Å². The topological polar surface area (TPSA) is 41.6 Å². The predicted octanol–water partition coefficient (Wildman–Crippen LogP) is 2.28. The molecule has 4 heteroatoms. The lowest BCUT2D eigenvalue weighted by Crippen LogP contribution is -2.47. The van der Waals surface area contributed by atoms with E-state index < -0.39 is 0 Å². The normalized spacial score (nSPS) is 22.0. The van der Waals surface area contributed by atoms with Crippen LogP contribution in [0.15, 0.2) is 18.2 Å². The number of nitrogens with zero attached hydrogens (tertiary/aromatic N) is 1. The van der Waals surface area contributed by atoms with Gasteiger partial charge in [-0.3, -0.25) is 4.79 Å². The van der Waals surface area contributed by atoms with Crippen LogP contribution in [0.5, 0.6) is 5.75 Å². The molecule has 19 heavy (non-hydrogen) atoms. The molecule has 1 heterocycles. The van der Waals surface area contributed by atoms with Gasteiger partial charge < -0.3 is 15.0 Å². The van der Waals surface area contributed by atoms with Gasteiger partial charge >= 0.3 is 0 Å². The third-order valence-corrected chi connectivity index (χ3v) is 3.93. The van der Waals surface area contributed by atoms with Crippen molar-refractivity contribution in [2.75, 3.05) is 25.1 Å². The minimum absolute atomic E-state index is 0.0616. The zero-order valence-corrected chi connectivity index (χ0v) is 12.1. The summed E-state index contributed by atoms with van der Waals surface area (Å²) in [6, 6.07) is 5.99. The molecule has 1 N–H and O–H groups in total. The van der Waals surface area contributed by atoms with Gasteiger partial charge in [-0.05, 0) is 38.9 Å².